The molecule has 1 aromatic carbocycles. The number of nitrogen functional groups attached to an aromatic ring is 1. The maximum Gasteiger partial charge on any atom is 0.257 e. The van der Waals surface area contributed by atoms with E-state index >= 15 is 0 Å². The normalized spacial score (nSPS) is 14.4. The Balaban J connectivity index is 1.76. The van der Waals surface area contributed by atoms with Crippen LogP contribution in [0.15, 0.2) is 23.6 Å². The van der Waals surface area contributed by atoms with E-state index in [9.17, 15) is 4.79 Å². The molecule has 0 saturated heterocycles. The largest absolute Gasteiger partial charge is 0.399 e. The van der Waals surface area contributed by atoms with Gasteiger partial charge in [-0.05, 0) is 43.5 Å². The third kappa shape index (κ3) is 2.61. The maximum atomic E-state index is 12.2. The highest BCUT2D eigenvalue weighted by atomic mass is 32.1. The first-order chi connectivity index (χ1) is 9.13. The molecule has 98 valence electrons. The highest BCUT2D eigenvalue weighted by Gasteiger charge is 2.26. The van der Waals surface area contributed by atoms with E-state index in [1.807, 2.05) is 12.3 Å². The number of rotatable bonds is 3. The molecular formula is C14H15N3OS. The quantitative estimate of drug-likeness (QED) is 0.844. The number of amides is 1. The molecule has 2 aromatic rings. The van der Waals surface area contributed by atoms with E-state index in [1.165, 1.54) is 24.2 Å². The van der Waals surface area contributed by atoms with Crippen molar-refractivity contribution in [3.05, 3.63) is 40.4 Å². The molecule has 0 aliphatic heterocycles. The fourth-order valence-electron chi connectivity index (χ4n) is 2.02. The first-order valence-corrected chi connectivity index (χ1v) is 7.14. The van der Waals surface area contributed by atoms with Gasteiger partial charge in [0.25, 0.3) is 5.91 Å². The Hall–Kier alpha value is -1.88. The molecule has 0 unspecified atom stereocenters. The first-order valence-electron chi connectivity index (χ1n) is 6.26. The Kier molecular flexibility index (Phi) is 2.98. The molecular weight excluding hydrogens is 258 g/mol. The molecule has 0 atom stereocenters. The zero-order valence-electron chi connectivity index (χ0n) is 10.6. The number of anilines is 2. The lowest BCUT2D eigenvalue weighted by Crippen LogP contribution is -2.13. The molecule has 1 heterocycles. The molecule has 0 bridgehead atoms. The van der Waals surface area contributed by atoms with Gasteiger partial charge in [-0.3, -0.25) is 10.1 Å². The topological polar surface area (TPSA) is 68.0 Å². The van der Waals surface area contributed by atoms with Gasteiger partial charge in [0.1, 0.15) is 0 Å². The third-order valence-corrected chi connectivity index (χ3v) is 4.01. The van der Waals surface area contributed by atoms with Crippen LogP contribution in [-0.2, 0) is 0 Å². The Morgan fingerprint density at radius 3 is 2.95 bits per heavy atom. The lowest BCUT2D eigenvalue weighted by molar-refractivity contribution is 0.102. The van der Waals surface area contributed by atoms with E-state index in [1.54, 1.807) is 18.2 Å². The van der Waals surface area contributed by atoms with Gasteiger partial charge in [0.15, 0.2) is 5.13 Å². The molecule has 1 aliphatic carbocycles. The number of carbonyl (C=O) groups excluding carboxylic acids is 1. The highest BCUT2D eigenvalue weighted by molar-refractivity contribution is 7.14. The van der Waals surface area contributed by atoms with Crippen LogP contribution in [0.5, 0.6) is 0 Å². The van der Waals surface area contributed by atoms with Crippen molar-refractivity contribution in [1.82, 2.24) is 4.98 Å². The van der Waals surface area contributed by atoms with Crippen molar-refractivity contribution in [2.45, 2.75) is 25.7 Å². The number of aromatic nitrogens is 1. The van der Waals surface area contributed by atoms with Gasteiger partial charge in [-0.1, -0.05) is 0 Å². The van der Waals surface area contributed by atoms with E-state index in [2.05, 4.69) is 10.3 Å². The second kappa shape index (κ2) is 4.66. The number of thiazole rings is 1. The Bertz CT molecular complexity index is 631. The molecule has 0 radical (unpaired) electrons. The van der Waals surface area contributed by atoms with Crippen LogP contribution < -0.4 is 11.1 Å². The van der Waals surface area contributed by atoms with Gasteiger partial charge in [-0.2, -0.15) is 0 Å². The molecule has 0 spiro atoms. The van der Waals surface area contributed by atoms with Crippen LogP contribution in [0.3, 0.4) is 0 Å². The van der Waals surface area contributed by atoms with Crippen molar-refractivity contribution in [3.63, 3.8) is 0 Å². The minimum absolute atomic E-state index is 0.130. The SMILES string of the molecule is Cc1cc(N)ccc1C(=O)Nc1nc(C2CC2)cs1. The fraction of sp³-hybridized carbons (Fsp3) is 0.286. The summed E-state index contributed by atoms with van der Waals surface area (Å²) in [5, 5.41) is 5.55. The summed E-state index contributed by atoms with van der Waals surface area (Å²) in [6.07, 6.45) is 2.43. The predicted molar refractivity (Wildman–Crippen MR) is 77.6 cm³/mol. The molecule has 4 nitrogen and oxygen atoms in total. The Morgan fingerprint density at radius 1 is 1.47 bits per heavy atom. The zero-order valence-corrected chi connectivity index (χ0v) is 11.5. The monoisotopic (exact) mass is 273 g/mol. The average Bonchev–Trinajstić information content (AvgIpc) is 3.10. The van der Waals surface area contributed by atoms with Crippen molar-refractivity contribution in [3.8, 4) is 0 Å². The van der Waals surface area contributed by atoms with Crippen LogP contribution in [0.4, 0.5) is 10.8 Å². The molecule has 19 heavy (non-hydrogen) atoms. The minimum Gasteiger partial charge on any atom is -0.399 e. The first kappa shape index (κ1) is 12.2. The van der Waals surface area contributed by atoms with Crippen LogP contribution >= 0.6 is 11.3 Å². The Labute approximate surface area is 115 Å². The zero-order chi connectivity index (χ0) is 13.4. The van der Waals surface area contributed by atoms with Crippen LogP contribution in [0.25, 0.3) is 0 Å². The van der Waals surface area contributed by atoms with E-state index in [0.29, 0.717) is 22.3 Å². The van der Waals surface area contributed by atoms with Gasteiger partial charge in [0.2, 0.25) is 0 Å². The number of benzene rings is 1. The summed E-state index contributed by atoms with van der Waals surface area (Å²) in [5.41, 5.74) is 8.96. The summed E-state index contributed by atoms with van der Waals surface area (Å²) in [6.45, 7) is 1.88. The van der Waals surface area contributed by atoms with Crippen molar-refractivity contribution in [2.24, 2.45) is 0 Å². The van der Waals surface area contributed by atoms with Crippen LogP contribution in [0, 0.1) is 6.92 Å². The van der Waals surface area contributed by atoms with Crippen LogP contribution in [-0.4, -0.2) is 10.9 Å². The predicted octanol–water partition coefficient (Wildman–Crippen LogP) is 3.16. The summed E-state index contributed by atoms with van der Waals surface area (Å²) >= 11 is 1.48. The summed E-state index contributed by atoms with van der Waals surface area (Å²) in [6, 6.07) is 5.28. The second-order valence-electron chi connectivity index (χ2n) is 4.88. The summed E-state index contributed by atoms with van der Waals surface area (Å²) < 4.78 is 0. The van der Waals surface area contributed by atoms with Gasteiger partial charge < -0.3 is 5.73 Å². The fourth-order valence-corrected chi connectivity index (χ4v) is 2.80. The van der Waals surface area contributed by atoms with Gasteiger partial charge >= 0.3 is 0 Å². The maximum absolute atomic E-state index is 12.2. The van der Waals surface area contributed by atoms with E-state index in [0.717, 1.165) is 11.3 Å². The van der Waals surface area contributed by atoms with E-state index in [-0.39, 0.29) is 5.91 Å². The molecule has 5 heteroatoms. The van der Waals surface area contributed by atoms with Gasteiger partial charge in [0, 0.05) is 22.5 Å². The molecule has 1 saturated carbocycles. The smallest absolute Gasteiger partial charge is 0.257 e. The number of nitrogens with one attached hydrogen (secondary N) is 1. The van der Waals surface area contributed by atoms with Gasteiger partial charge in [-0.25, -0.2) is 4.98 Å². The van der Waals surface area contributed by atoms with E-state index in [4.69, 9.17) is 5.73 Å². The second-order valence-corrected chi connectivity index (χ2v) is 5.74. The lowest BCUT2D eigenvalue weighted by Gasteiger charge is -2.06. The summed E-state index contributed by atoms with van der Waals surface area (Å²) in [5.74, 6) is 0.481. The van der Waals surface area contributed by atoms with Crippen LogP contribution in [0.2, 0.25) is 0 Å². The summed E-state index contributed by atoms with van der Waals surface area (Å²) in [4.78, 5) is 16.6. The molecule has 3 rings (SSSR count). The number of hydrogen-bond acceptors (Lipinski definition) is 4. The standard InChI is InChI=1S/C14H15N3OS/c1-8-6-10(15)4-5-11(8)13(18)17-14-16-12(7-19-14)9-2-3-9/h4-7,9H,2-3,15H2,1H3,(H,16,17,18). The van der Waals surface area contributed by atoms with Crippen molar-refractivity contribution in [1.29, 1.82) is 0 Å². The number of hydrogen-bond donors (Lipinski definition) is 2. The van der Waals surface area contributed by atoms with Crippen molar-refractivity contribution in [2.75, 3.05) is 11.1 Å². The minimum atomic E-state index is -0.130. The average molecular weight is 273 g/mol. The lowest BCUT2D eigenvalue weighted by atomic mass is 10.1. The molecule has 1 fully saturated rings. The highest BCUT2D eigenvalue weighted by Crippen LogP contribution is 2.40. The molecule has 1 aliphatic rings. The molecule has 3 N–H and O–H groups in total. The molecule has 1 amide bonds. The van der Waals surface area contributed by atoms with Gasteiger partial charge in [0.05, 0.1) is 5.69 Å². The number of aryl methyl sites for hydroxylation is 1. The third-order valence-electron chi connectivity index (χ3n) is 3.23. The number of nitrogens with zero attached hydrogens (tertiary/aromatic N) is 1. The molecule has 1 aromatic heterocycles. The Morgan fingerprint density at radius 2 is 2.26 bits per heavy atom. The van der Waals surface area contributed by atoms with Crippen molar-refractivity contribution < 1.29 is 4.79 Å². The summed E-state index contributed by atoms with van der Waals surface area (Å²) in [7, 11) is 0. The number of nitrogens with two attached hydrogens (primary N) is 1. The van der Waals surface area contributed by atoms with E-state index < -0.39 is 0 Å². The number of carbonyl (C=O) groups is 1. The van der Waals surface area contributed by atoms with Gasteiger partial charge in [-0.15, -0.1) is 11.3 Å². The van der Waals surface area contributed by atoms with Crippen LogP contribution in [0.1, 0.15) is 40.4 Å². The van der Waals surface area contributed by atoms with Crippen molar-refractivity contribution >= 4 is 28.1 Å².